The van der Waals surface area contributed by atoms with Gasteiger partial charge in [0.15, 0.2) is 0 Å². The van der Waals surface area contributed by atoms with Crippen LogP contribution < -0.4 is 0 Å². The molecule has 0 saturated heterocycles. The Morgan fingerprint density at radius 3 is 2.19 bits per heavy atom. The third kappa shape index (κ3) is 1.97. The van der Waals surface area contributed by atoms with E-state index in [9.17, 15) is 22.0 Å². The molecule has 0 atom stereocenters. The number of ketones is 1. The van der Waals surface area contributed by atoms with Gasteiger partial charge in [0.05, 0.1) is 4.90 Å². The molecule has 0 fully saturated rings. The molecule has 0 spiro atoms. The zero-order valence-electron chi connectivity index (χ0n) is 8.48. The number of halogens is 2. The summed E-state index contributed by atoms with van der Waals surface area (Å²) in [6, 6.07) is 6.20. The highest BCUT2D eigenvalue weighted by Crippen LogP contribution is 2.30. The van der Waals surface area contributed by atoms with Gasteiger partial charge in [0.1, 0.15) is 0 Å². The van der Waals surface area contributed by atoms with Gasteiger partial charge in [-0.05, 0) is 12.1 Å². The highest BCUT2D eigenvalue weighted by Gasteiger charge is 2.51. The van der Waals surface area contributed by atoms with Crippen molar-refractivity contribution in [2.24, 2.45) is 0 Å². The molecule has 0 saturated carbocycles. The molecule has 1 rings (SSSR count). The summed E-state index contributed by atoms with van der Waals surface area (Å²) < 4.78 is 49.7. The molecule has 6 heteroatoms. The van der Waals surface area contributed by atoms with Gasteiger partial charge in [0, 0.05) is 6.42 Å². The highest BCUT2D eigenvalue weighted by atomic mass is 32.2. The number of carbonyl (C=O) groups excluding carboxylic acids is 1. The molecule has 0 amide bonds. The first-order valence-electron chi connectivity index (χ1n) is 4.55. The molecule has 0 radical (unpaired) electrons. The van der Waals surface area contributed by atoms with Crippen LogP contribution in [0.2, 0.25) is 0 Å². The van der Waals surface area contributed by atoms with Gasteiger partial charge in [0.25, 0.3) is 9.84 Å². The molecular formula is C10H10F2O3S. The Labute approximate surface area is 92.0 Å². The van der Waals surface area contributed by atoms with Crippen molar-refractivity contribution in [2.75, 3.05) is 0 Å². The predicted octanol–water partition coefficient (Wildman–Crippen LogP) is 2.03. The minimum atomic E-state index is -4.93. The molecule has 1 aromatic rings. The Morgan fingerprint density at radius 1 is 1.25 bits per heavy atom. The Hall–Kier alpha value is -1.30. The number of hydrogen-bond donors (Lipinski definition) is 0. The first kappa shape index (κ1) is 12.8. The fourth-order valence-electron chi connectivity index (χ4n) is 1.10. The van der Waals surface area contributed by atoms with Crippen LogP contribution in [0.3, 0.4) is 0 Å². The average Bonchev–Trinajstić information content (AvgIpc) is 2.28. The van der Waals surface area contributed by atoms with E-state index < -0.39 is 32.2 Å². The van der Waals surface area contributed by atoms with Crippen molar-refractivity contribution in [3.63, 3.8) is 0 Å². The largest absolute Gasteiger partial charge is 0.406 e. The van der Waals surface area contributed by atoms with Crippen LogP contribution in [0, 0.1) is 0 Å². The van der Waals surface area contributed by atoms with E-state index >= 15 is 0 Å². The molecule has 3 nitrogen and oxygen atoms in total. The third-order valence-electron chi connectivity index (χ3n) is 2.04. The second-order valence-electron chi connectivity index (χ2n) is 3.11. The molecule has 0 aliphatic carbocycles. The zero-order valence-corrected chi connectivity index (χ0v) is 9.30. The lowest BCUT2D eigenvalue weighted by Crippen LogP contribution is -2.37. The van der Waals surface area contributed by atoms with Crippen molar-refractivity contribution in [2.45, 2.75) is 23.5 Å². The van der Waals surface area contributed by atoms with E-state index in [2.05, 4.69) is 0 Å². The topological polar surface area (TPSA) is 51.2 Å². The summed E-state index contributed by atoms with van der Waals surface area (Å²) >= 11 is 0. The monoisotopic (exact) mass is 248 g/mol. The second kappa shape index (κ2) is 4.29. The van der Waals surface area contributed by atoms with E-state index in [4.69, 9.17) is 0 Å². The van der Waals surface area contributed by atoms with Crippen molar-refractivity contribution in [1.29, 1.82) is 0 Å². The number of hydrogen-bond acceptors (Lipinski definition) is 3. The van der Waals surface area contributed by atoms with Crippen LogP contribution in [0.1, 0.15) is 13.3 Å². The summed E-state index contributed by atoms with van der Waals surface area (Å²) in [5, 5.41) is -4.36. The molecule has 16 heavy (non-hydrogen) atoms. The maximum atomic E-state index is 13.3. The van der Waals surface area contributed by atoms with E-state index in [1.54, 1.807) is 0 Å². The van der Waals surface area contributed by atoms with Crippen molar-refractivity contribution in [1.82, 2.24) is 0 Å². The minimum absolute atomic E-state index is 0.529. The summed E-state index contributed by atoms with van der Waals surface area (Å²) in [5.41, 5.74) is 0. The SMILES string of the molecule is CCC(=O)C(F)(F)S(=O)(=O)c1ccccc1. The summed E-state index contributed by atoms with van der Waals surface area (Å²) in [5.74, 6) is -1.60. The van der Waals surface area contributed by atoms with E-state index in [0.717, 1.165) is 12.1 Å². The molecule has 0 aromatic heterocycles. The van der Waals surface area contributed by atoms with Crippen LogP contribution in [-0.2, 0) is 14.6 Å². The minimum Gasteiger partial charge on any atom is -0.292 e. The standard InChI is InChI=1S/C10H10F2O3S/c1-2-9(13)10(11,12)16(14,15)8-6-4-3-5-7-8/h3-7H,2H2,1H3. The second-order valence-corrected chi connectivity index (χ2v) is 5.10. The molecule has 0 aliphatic rings. The van der Waals surface area contributed by atoms with E-state index in [1.165, 1.54) is 25.1 Å². The molecule has 0 unspecified atom stereocenters. The Kier molecular flexibility index (Phi) is 3.42. The van der Waals surface area contributed by atoms with Crippen molar-refractivity contribution in [3.05, 3.63) is 30.3 Å². The normalized spacial score (nSPS) is 12.4. The summed E-state index contributed by atoms with van der Waals surface area (Å²) in [6.45, 7) is 1.19. The summed E-state index contributed by atoms with van der Waals surface area (Å²) in [7, 11) is -4.93. The van der Waals surface area contributed by atoms with Gasteiger partial charge in [-0.15, -0.1) is 0 Å². The van der Waals surface area contributed by atoms with Gasteiger partial charge < -0.3 is 0 Å². The highest BCUT2D eigenvalue weighted by molar-refractivity contribution is 7.93. The molecule has 1 aromatic carbocycles. The van der Waals surface area contributed by atoms with Gasteiger partial charge in [-0.1, -0.05) is 25.1 Å². The smallest absolute Gasteiger partial charge is 0.292 e. The summed E-state index contributed by atoms with van der Waals surface area (Å²) in [4.78, 5) is 10.4. The van der Waals surface area contributed by atoms with Crippen molar-refractivity contribution < 1.29 is 22.0 Å². The maximum Gasteiger partial charge on any atom is 0.406 e. The average molecular weight is 248 g/mol. The predicted molar refractivity (Wildman–Crippen MR) is 53.9 cm³/mol. The first-order chi connectivity index (χ1) is 7.34. The van der Waals surface area contributed by atoms with Crippen molar-refractivity contribution in [3.8, 4) is 0 Å². The first-order valence-corrected chi connectivity index (χ1v) is 6.03. The number of alkyl halides is 2. The lowest BCUT2D eigenvalue weighted by Gasteiger charge is -2.14. The Balaban J connectivity index is 3.28. The lowest BCUT2D eigenvalue weighted by molar-refractivity contribution is -0.132. The van der Waals surface area contributed by atoms with Crippen LogP contribution in [0.15, 0.2) is 35.2 Å². The maximum absolute atomic E-state index is 13.3. The number of rotatable bonds is 4. The fourth-order valence-corrected chi connectivity index (χ4v) is 2.36. The van der Waals surface area contributed by atoms with Crippen LogP contribution in [0.4, 0.5) is 8.78 Å². The third-order valence-corrected chi connectivity index (χ3v) is 3.83. The van der Waals surface area contributed by atoms with Gasteiger partial charge in [-0.2, -0.15) is 8.78 Å². The van der Waals surface area contributed by atoms with Crippen LogP contribution in [-0.4, -0.2) is 19.5 Å². The summed E-state index contributed by atoms with van der Waals surface area (Å²) in [6.07, 6.45) is -0.529. The van der Waals surface area contributed by atoms with Gasteiger partial charge in [-0.25, -0.2) is 8.42 Å². The van der Waals surface area contributed by atoms with Crippen LogP contribution in [0.25, 0.3) is 0 Å². The number of benzene rings is 1. The van der Waals surface area contributed by atoms with E-state index in [1.807, 2.05) is 0 Å². The number of sulfone groups is 1. The quantitative estimate of drug-likeness (QED) is 0.819. The molecule has 0 bridgehead atoms. The Bertz CT molecular complexity index is 480. The Morgan fingerprint density at radius 2 is 1.75 bits per heavy atom. The lowest BCUT2D eigenvalue weighted by atomic mass is 10.3. The molecule has 0 aliphatic heterocycles. The van der Waals surface area contributed by atoms with E-state index in [-0.39, 0.29) is 0 Å². The molecule has 88 valence electrons. The molecule has 0 heterocycles. The molecular weight excluding hydrogens is 238 g/mol. The van der Waals surface area contributed by atoms with Gasteiger partial charge in [0.2, 0.25) is 5.78 Å². The molecule has 0 N–H and O–H groups in total. The van der Waals surface area contributed by atoms with Gasteiger partial charge in [-0.3, -0.25) is 4.79 Å². The number of carbonyl (C=O) groups is 1. The van der Waals surface area contributed by atoms with E-state index in [0.29, 0.717) is 0 Å². The van der Waals surface area contributed by atoms with Gasteiger partial charge >= 0.3 is 5.25 Å². The van der Waals surface area contributed by atoms with Crippen LogP contribution >= 0.6 is 0 Å². The van der Waals surface area contributed by atoms with Crippen LogP contribution in [0.5, 0.6) is 0 Å². The fraction of sp³-hybridized carbons (Fsp3) is 0.300. The zero-order chi connectivity index (χ0) is 12.4. The number of Topliss-reactive ketones (excluding diaryl/α,β-unsaturated/α-hetero) is 1. The van der Waals surface area contributed by atoms with Crippen molar-refractivity contribution >= 4 is 15.6 Å².